The molecule has 1 heterocycles. The molecule has 0 unspecified atom stereocenters. The van der Waals surface area contributed by atoms with Gasteiger partial charge in [0.25, 0.3) is 5.91 Å². The Kier molecular flexibility index (Phi) is 5.34. The Hall–Kier alpha value is -3.12. The van der Waals surface area contributed by atoms with E-state index in [1.807, 2.05) is 31.2 Å². The molecule has 3 rings (SSSR count). The molecule has 1 aromatic heterocycles. The zero-order valence-corrected chi connectivity index (χ0v) is 14.7. The van der Waals surface area contributed by atoms with Crippen molar-refractivity contribution in [2.75, 3.05) is 17.2 Å². The summed E-state index contributed by atoms with van der Waals surface area (Å²) in [6.07, 6.45) is 0. The molecule has 6 nitrogen and oxygen atoms in total. The number of hydrogen-bond acceptors (Lipinski definition) is 4. The van der Waals surface area contributed by atoms with Crippen LogP contribution in [0.15, 0.2) is 52.9 Å². The number of hydrogen-bond donors (Lipinski definition) is 2. The number of benzene rings is 2. The highest BCUT2D eigenvalue weighted by atomic mass is 16.5. The summed E-state index contributed by atoms with van der Waals surface area (Å²) in [6.45, 7) is 4.19. The number of fused-ring (bicyclic) bond motifs is 1. The minimum absolute atomic E-state index is 0.148. The number of furan rings is 1. The van der Waals surface area contributed by atoms with Crippen molar-refractivity contribution < 1.29 is 18.7 Å². The van der Waals surface area contributed by atoms with Crippen LogP contribution < -0.4 is 10.6 Å². The molecule has 0 saturated carbocycles. The van der Waals surface area contributed by atoms with Crippen LogP contribution >= 0.6 is 0 Å². The van der Waals surface area contributed by atoms with Crippen molar-refractivity contribution in [3.63, 3.8) is 0 Å². The highest BCUT2D eigenvalue weighted by Crippen LogP contribution is 2.27. The summed E-state index contributed by atoms with van der Waals surface area (Å²) in [5, 5.41) is 6.36. The average Bonchev–Trinajstić information content (AvgIpc) is 3.00. The monoisotopic (exact) mass is 352 g/mol. The van der Waals surface area contributed by atoms with Crippen LogP contribution in [0.4, 0.5) is 11.4 Å². The second-order valence-corrected chi connectivity index (χ2v) is 5.76. The zero-order valence-electron chi connectivity index (χ0n) is 14.7. The van der Waals surface area contributed by atoms with E-state index in [-0.39, 0.29) is 17.6 Å². The van der Waals surface area contributed by atoms with Gasteiger partial charge in [0.15, 0.2) is 5.76 Å². The molecule has 6 heteroatoms. The standard InChI is InChI=1S/C20H20N2O4/c1-3-25-12-17-16-6-4-5-7-18(16)26-19(17)20(24)22-15-10-8-14(9-11-15)21-13(2)23/h4-11H,3,12H2,1-2H3,(H,21,23)(H,22,24). The number of para-hydroxylation sites is 1. The van der Waals surface area contributed by atoms with E-state index in [4.69, 9.17) is 9.15 Å². The van der Waals surface area contributed by atoms with Crippen LogP contribution in [-0.2, 0) is 16.1 Å². The van der Waals surface area contributed by atoms with Crippen LogP contribution in [0.1, 0.15) is 30.0 Å². The van der Waals surface area contributed by atoms with Gasteiger partial charge in [-0.05, 0) is 37.3 Å². The molecule has 0 aliphatic rings. The van der Waals surface area contributed by atoms with Gasteiger partial charge in [0.1, 0.15) is 5.58 Å². The fourth-order valence-corrected chi connectivity index (χ4v) is 2.66. The maximum atomic E-state index is 12.7. The van der Waals surface area contributed by atoms with Crippen molar-refractivity contribution in [1.82, 2.24) is 0 Å². The average molecular weight is 352 g/mol. The number of amides is 2. The molecule has 0 atom stereocenters. The van der Waals surface area contributed by atoms with Gasteiger partial charge in [0, 0.05) is 35.9 Å². The minimum Gasteiger partial charge on any atom is -0.451 e. The van der Waals surface area contributed by atoms with Gasteiger partial charge in [0.2, 0.25) is 5.91 Å². The van der Waals surface area contributed by atoms with Crippen molar-refractivity contribution in [2.24, 2.45) is 0 Å². The highest BCUT2D eigenvalue weighted by molar-refractivity contribution is 6.06. The fourth-order valence-electron chi connectivity index (χ4n) is 2.66. The summed E-state index contributed by atoms with van der Waals surface area (Å²) in [7, 11) is 0. The van der Waals surface area contributed by atoms with Crippen LogP contribution in [0.25, 0.3) is 11.0 Å². The molecule has 0 aliphatic heterocycles. The Labute approximate surface area is 151 Å². The molecule has 0 fully saturated rings. The first-order chi connectivity index (χ1) is 12.6. The first-order valence-electron chi connectivity index (χ1n) is 8.35. The molecular formula is C20H20N2O4. The van der Waals surface area contributed by atoms with Crippen LogP contribution in [0.3, 0.4) is 0 Å². The van der Waals surface area contributed by atoms with Crippen LogP contribution in [0.5, 0.6) is 0 Å². The van der Waals surface area contributed by atoms with Crippen molar-refractivity contribution in [1.29, 1.82) is 0 Å². The largest absolute Gasteiger partial charge is 0.451 e. The molecule has 0 radical (unpaired) electrons. The van der Waals surface area contributed by atoms with E-state index >= 15 is 0 Å². The molecule has 2 N–H and O–H groups in total. The fraction of sp³-hybridized carbons (Fsp3) is 0.200. The molecule has 3 aromatic rings. The zero-order chi connectivity index (χ0) is 18.5. The lowest BCUT2D eigenvalue weighted by molar-refractivity contribution is -0.114. The Morgan fingerprint density at radius 1 is 1.00 bits per heavy atom. The summed E-state index contributed by atoms with van der Waals surface area (Å²) >= 11 is 0. The van der Waals surface area contributed by atoms with Crippen molar-refractivity contribution in [2.45, 2.75) is 20.5 Å². The molecule has 2 amide bonds. The van der Waals surface area contributed by atoms with Gasteiger partial charge in [0.05, 0.1) is 6.61 Å². The molecular weight excluding hydrogens is 332 g/mol. The highest BCUT2D eigenvalue weighted by Gasteiger charge is 2.20. The Balaban J connectivity index is 1.84. The lowest BCUT2D eigenvalue weighted by Gasteiger charge is -2.07. The van der Waals surface area contributed by atoms with Gasteiger partial charge >= 0.3 is 0 Å². The maximum absolute atomic E-state index is 12.7. The predicted molar refractivity (Wildman–Crippen MR) is 100 cm³/mol. The first kappa shape index (κ1) is 17.7. The number of ether oxygens (including phenoxy) is 1. The molecule has 0 spiro atoms. The van der Waals surface area contributed by atoms with E-state index in [0.29, 0.717) is 30.2 Å². The Bertz CT molecular complexity index is 929. The predicted octanol–water partition coefficient (Wildman–Crippen LogP) is 4.18. The van der Waals surface area contributed by atoms with Crippen molar-refractivity contribution in [3.05, 3.63) is 59.9 Å². The third-order valence-corrected chi connectivity index (χ3v) is 3.82. The van der Waals surface area contributed by atoms with Gasteiger partial charge in [-0.3, -0.25) is 9.59 Å². The Morgan fingerprint density at radius 3 is 2.31 bits per heavy atom. The normalized spacial score (nSPS) is 10.7. The maximum Gasteiger partial charge on any atom is 0.291 e. The van der Waals surface area contributed by atoms with Gasteiger partial charge in [-0.2, -0.15) is 0 Å². The second kappa shape index (κ2) is 7.84. The lowest BCUT2D eigenvalue weighted by Crippen LogP contribution is -2.13. The molecule has 26 heavy (non-hydrogen) atoms. The molecule has 134 valence electrons. The van der Waals surface area contributed by atoms with E-state index < -0.39 is 0 Å². The third-order valence-electron chi connectivity index (χ3n) is 3.82. The topological polar surface area (TPSA) is 80.6 Å². The molecule has 0 saturated heterocycles. The summed E-state index contributed by atoms with van der Waals surface area (Å²) < 4.78 is 11.3. The van der Waals surface area contributed by atoms with Crippen LogP contribution in [-0.4, -0.2) is 18.4 Å². The first-order valence-corrected chi connectivity index (χ1v) is 8.35. The van der Waals surface area contributed by atoms with Gasteiger partial charge in [-0.15, -0.1) is 0 Å². The minimum atomic E-state index is -0.344. The number of nitrogens with one attached hydrogen (secondary N) is 2. The van der Waals surface area contributed by atoms with Crippen LogP contribution in [0.2, 0.25) is 0 Å². The van der Waals surface area contributed by atoms with E-state index in [1.54, 1.807) is 24.3 Å². The van der Waals surface area contributed by atoms with E-state index in [0.717, 1.165) is 10.9 Å². The SMILES string of the molecule is CCOCc1c(C(=O)Nc2ccc(NC(C)=O)cc2)oc2ccccc12. The van der Waals surface area contributed by atoms with Crippen molar-refractivity contribution >= 4 is 34.2 Å². The van der Waals surface area contributed by atoms with E-state index in [1.165, 1.54) is 6.92 Å². The van der Waals surface area contributed by atoms with Crippen LogP contribution in [0, 0.1) is 0 Å². The Morgan fingerprint density at radius 2 is 1.65 bits per heavy atom. The molecule has 0 aliphatic carbocycles. The number of carbonyl (C=O) groups is 2. The number of carbonyl (C=O) groups excluding carboxylic acids is 2. The number of rotatable bonds is 6. The van der Waals surface area contributed by atoms with Gasteiger partial charge < -0.3 is 19.8 Å². The van der Waals surface area contributed by atoms with Gasteiger partial charge in [-0.1, -0.05) is 18.2 Å². The molecule has 0 bridgehead atoms. The summed E-state index contributed by atoms with van der Waals surface area (Å²) in [6, 6.07) is 14.4. The van der Waals surface area contributed by atoms with Gasteiger partial charge in [-0.25, -0.2) is 0 Å². The smallest absolute Gasteiger partial charge is 0.291 e. The van der Waals surface area contributed by atoms with E-state index in [9.17, 15) is 9.59 Å². The van der Waals surface area contributed by atoms with Crippen molar-refractivity contribution in [3.8, 4) is 0 Å². The van der Waals surface area contributed by atoms with E-state index in [2.05, 4.69) is 10.6 Å². The quantitative estimate of drug-likeness (QED) is 0.697. The summed E-state index contributed by atoms with van der Waals surface area (Å²) in [5.74, 6) is -0.251. The number of anilines is 2. The summed E-state index contributed by atoms with van der Waals surface area (Å²) in [5.41, 5.74) is 2.64. The molecule has 2 aromatic carbocycles. The lowest BCUT2D eigenvalue weighted by atomic mass is 10.1. The second-order valence-electron chi connectivity index (χ2n) is 5.76. The summed E-state index contributed by atoms with van der Waals surface area (Å²) in [4.78, 5) is 23.8. The third kappa shape index (κ3) is 3.92.